The van der Waals surface area contributed by atoms with Crippen LogP contribution in [-0.4, -0.2) is 97.5 Å². The number of likely N-dealkylation sites (N-methyl/N-ethyl adjacent to an activating group) is 1. The van der Waals surface area contributed by atoms with Gasteiger partial charge in [0.15, 0.2) is 0 Å². The molecule has 1 rings (SSSR count). The van der Waals surface area contributed by atoms with Gasteiger partial charge in [0.25, 0.3) is 0 Å². The molecule has 45 heavy (non-hydrogen) atoms. The Labute approximate surface area is 280 Å². The van der Waals surface area contributed by atoms with Gasteiger partial charge in [-0.25, -0.2) is 4.79 Å². The summed E-state index contributed by atoms with van der Waals surface area (Å²) in [6, 6.07) is 8.64. The number of carbonyl (C=O) groups excluding carboxylic acids is 2. The van der Waals surface area contributed by atoms with Crippen molar-refractivity contribution in [2.75, 3.05) is 79.5 Å². The van der Waals surface area contributed by atoms with Crippen molar-refractivity contribution in [2.24, 2.45) is 5.92 Å². The molecule has 0 fully saturated rings. The van der Waals surface area contributed by atoms with Gasteiger partial charge in [-0.05, 0) is 50.9 Å². The minimum absolute atomic E-state index is 0.115. The topological polar surface area (TPSA) is 116 Å². The number of hydrogen-bond acceptors (Lipinski definition) is 10. The minimum Gasteiger partial charge on any atom is -0.450 e. The highest BCUT2D eigenvalue weighted by molar-refractivity contribution is 8.76. The molecular weight excluding hydrogens is 615 g/mol. The molecule has 0 aliphatic rings. The molecule has 0 aromatic heterocycles. The molecule has 260 valence electrons. The highest BCUT2D eigenvalue weighted by atomic mass is 33.1. The van der Waals surface area contributed by atoms with Crippen LogP contribution in [0.5, 0.6) is 0 Å². The first-order valence-corrected chi connectivity index (χ1v) is 18.1. The standard InChI is InChI=1S/C21H31NO3S2.C10H22N2O4.C2H6/c1-5-19-10-12-20(13-11-19)27-26-18(4)24-15-6-7-16-25-21(23)22-14-8-9-17(2)3;1-11-2-4-14-6-8-16-9-7-15-5-3-12-10-13;1-2/h10-13,17-18H,5-7,14-16H2,1-4H3,(H,22,23);10-11H,2-9H2,1H3,(H,12,13);1-2H3. The molecule has 0 aliphatic heterocycles. The lowest BCUT2D eigenvalue weighted by Gasteiger charge is -2.12. The smallest absolute Gasteiger partial charge is 0.407 e. The van der Waals surface area contributed by atoms with Crippen molar-refractivity contribution >= 4 is 34.1 Å². The Balaban J connectivity index is 0. The summed E-state index contributed by atoms with van der Waals surface area (Å²) < 4.78 is 26.6. The van der Waals surface area contributed by atoms with Crippen LogP contribution in [0.2, 0.25) is 0 Å². The molecule has 10 nitrogen and oxygen atoms in total. The molecule has 1 unspecified atom stereocenters. The summed E-state index contributed by atoms with van der Waals surface area (Å²) in [6.07, 6.45) is 2.95. The predicted molar refractivity (Wildman–Crippen MR) is 188 cm³/mol. The van der Waals surface area contributed by atoms with Gasteiger partial charge in [-0.3, -0.25) is 4.79 Å². The molecule has 2 amide bonds. The van der Waals surface area contributed by atoms with Crippen LogP contribution in [-0.2, 0) is 34.9 Å². The molecule has 3 N–H and O–H groups in total. The zero-order valence-corrected chi connectivity index (χ0v) is 30.2. The van der Waals surface area contributed by atoms with E-state index in [0.717, 1.165) is 25.8 Å². The molecule has 0 saturated heterocycles. The van der Waals surface area contributed by atoms with E-state index >= 15 is 0 Å². The van der Waals surface area contributed by atoms with Gasteiger partial charge >= 0.3 is 6.09 Å². The van der Waals surface area contributed by atoms with Crippen LogP contribution in [0.1, 0.15) is 59.9 Å². The molecule has 0 radical (unpaired) electrons. The summed E-state index contributed by atoms with van der Waals surface area (Å²) in [4.78, 5) is 22.6. The van der Waals surface area contributed by atoms with Crippen LogP contribution in [0.25, 0.3) is 0 Å². The summed E-state index contributed by atoms with van der Waals surface area (Å²) >= 11 is 0. The molecule has 0 heterocycles. The van der Waals surface area contributed by atoms with Crippen molar-refractivity contribution in [3.8, 4) is 11.8 Å². The second kappa shape index (κ2) is 36.5. The Hall–Kier alpha value is -1.98. The Bertz CT molecular complexity index is 853. The molecule has 0 saturated carbocycles. The Morgan fingerprint density at radius 2 is 1.49 bits per heavy atom. The van der Waals surface area contributed by atoms with E-state index in [-0.39, 0.29) is 5.44 Å². The lowest BCUT2D eigenvalue weighted by atomic mass is 10.2. The zero-order valence-electron chi connectivity index (χ0n) is 28.6. The lowest BCUT2D eigenvalue weighted by Crippen LogP contribution is -2.25. The number of alkyl carbamates (subject to hydrolysis) is 1. The monoisotopic (exact) mass is 673 g/mol. The third kappa shape index (κ3) is 34.7. The van der Waals surface area contributed by atoms with Gasteiger partial charge in [0.2, 0.25) is 6.41 Å². The third-order valence-electron chi connectivity index (χ3n) is 5.16. The van der Waals surface area contributed by atoms with E-state index in [2.05, 4.69) is 65.9 Å². The summed E-state index contributed by atoms with van der Waals surface area (Å²) in [6.45, 7) is 18.5. The zero-order chi connectivity index (χ0) is 33.8. The van der Waals surface area contributed by atoms with Crippen LogP contribution in [0.3, 0.4) is 0 Å². The van der Waals surface area contributed by atoms with Crippen molar-refractivity contribution in [1.82, 2.24) is 16.0 Å². The Morgan fingerprint density at radius 3 is 2.07 bits per heavy atom. The molecular formula is C33H59N3O7S2. The fraction of sp³-hybridized carbons (Fsp3) is 0.697. The number of carbonyl (C=O) groups is 2. The fourth-order valence-corrected chi connectivity index (χ4v) is 4.76. The van der Waals surface area contributed by atoms with Gasteiger partial charge in [0.1, 0.15) is 5.44 Å². The Kier molecular flexibility index (Phi) is 36.6. The van der Waals surface area contributed by atoms with Crippen LogP contribution in [0.4, 0.5) is 4.79 Å². The second-order valence-electron chi connectivity index (χ2n) is 9.30. The van der Waals surface area contributed by atoms with Crippen LogP contribution in [0, 0.1) is 17.8 Å². The number of nitrogens with one attached hydrogen (secondary N) is 3. The lowest BCUT2D eigenvalue weighted by molar-refractivity contribution is -0.109. The molecule has 0 spiro atoms. The van der Waals surface area contributed by atoms with Crippen molar-refractivity contribution in [2.45, 2.75) is 71.1 Å². The predicted octanol–water partition coefficient (Wildman–Crippen LogP) is 5.55. The number of amides is 2. The number of benzene rings is 1. The minimum atomic E-state index is -0.414. The van der Waals surface area contributed by atoms with Crippen LogP contribution >= 0.6 is 21.6 Å². The maximum Gasteiger partial charge on any atom is 0.407 e. The molecule has 1 aromatic carbocycles. The van der Waals surface area contributed by atoms with E-state index in [4.69, 9.17) is 23.7 Å². The van der Waals surface area contributed by atoms with Gasteiger partial charge in [-0.1, -0.05) is 80.2 Å². The molecule has 12 heteroatoms. The Morgan fingerprint density at radius 1 is 0.889 bits per heavy atom. The number of hydrogen-bond donors (Lipinski definition) is 3. The molecule has 0 bridgehead atoms. The SMILES string of the molecule is CC.CCc1ccc(SSC(C)OCCCCOC(=O)NCC#CC(C)C)cc1.CNCCOCCOCCOCCNC=O. The third-order valence-corrected chi connectivity index (χ3v) is 7.81. The largest absolute Gasteiger partial charge is 0.450 e. The normalized spacial score (nSPS) is 10.8. The van der Waals surface area contributed by atoms with Crippen molar-refractivity contribution in [3.63, 3.8) is 0 Å². The highest BCUT2D eigenvalue weighted by Gasteiger charge is 2.05. The van der Waals surface area contributed by atoms with Gasteiger partial charge in [-0.15, -0.1) is 0 Å². The van der Waals surface area contributed by atoms with Gasteiger partial charge in [0, 0.05) is 30.5 Å². The number of rotatable bonds is 24. The molecule has 1 atom stereocenters. The van der Waals surface area contributed by atoms with Gasteiger partial charge < -0.3 is 39.6 Å². The summed E-state index contributed by atoms with van der Waals surface area (Å²) in [7, 11) is 5.33. The van der Waals surface area contributed by atoms with E-state index in [9.17, 15) is 9.59 Å². The first-order valence-electron chi connectivity index (χ1n) is 15.9. The fourth-order valence-electron chi connectivity index (χ4n) is 2.88. The molecule has 0 aliphatic carbocycles. The van der Waals surface area contributed by atoms with Gasteiger partial charge in [0.05, 0.1) is 52.8 Å². The number of ether oxygens (including phenoxy) is 5. The maximum atomic E-state index is 11.5. The first kappa shape index (κ1) is 45.1. The van der Waals surface area contributed by atoms with Crippen molar-refractivity contribution < 1.29 is 33.3 Å². The summed E-state index contributed by atoms with van der Waals surface area (Å²) in [5.41, 5.74) is 1.47. The average Bonchev–Trinajstić information content (AvgIpc) is 3.05. The van der Waals surface area contributed by atoms with Gasteiger partial charge in [-0.2, -0.15) is 0 Å². The van der Waals surface area contributed by atoms with Crippen LogP contribution in [0.15, 0.2) is 29.2 Å². The second-order valence-corrected chi connectivity index (χ2v) is 11.9. The van der Waals surface area contributed by atoms with E-state index in [1.54, 1.807) is 21.6 Å². The quantitative estimate of drug-likeness (QED) is 0.0425. The van der Waals surface area contributed by atoms with Crippen molar-refractivity contribution in [1.29, 1.82) is 0 Å². The molecule has 1 aromatic rings. The average molecular weight is 674 g/mol. The van der Waals surface area contributed by atoms with E-state index in [1.165, 1.54) is 10.5 Å². The number of aryl methyl sites for hydroxylation is 1. The maximum absolute atomic E-state index is 11.5. The van der Waals surface area contributed by atoms with Crippen molar-refractivity contribution in [3.05, 3.63) is 29.8 Å². The van der Waals surface area contributed by atoms with E-state index in [0.29, 0.717) is 78.3 Å². The summed E-state index contributed by atoms with van der Waals surface area (Å²) in [5, 5.41) is 8.11. The van der Waals surface area contributed by atoms with E-state index in [1.807, 2.05) is 34.7 Å². The number of unbranched alkanes of at least 4 members (excludes halogenated alkanes) is 1. The summed E-state index contributed by atoms with van der Waals surface area (Å²) in [5.74, 6) is 6.17. The van der Waals surface area contributed by atoms with Crippen LogP contribution < -0.4 is 16.0 Å². The first-order chi connectivity index (χ1) is 21.9. The highest BCUT2D eigenvalue weighted by Crippen LogP contribution is 2.34. The van der Waals surface area contributed by atoms with E-state index < -0.39 is 6.09 Å².